The lowest BCUT2D eigenvalue weighted by atomic mass is 9.94. The van der Waals surface area contributed by atoms with E-state index in [1.807, 2.05) is 26.2 Å². The van der Waals surface area contributed by atoms with E-state index in [0.29, 0.717) is 34.7 Å². The lowest BCUT2D eigenvalue weighted by Crippen LogP contribution is -2.15. The number of nitrogens with one attached hydrogen (secondary N) is 3. The average Bonchev–Trinajstić information content (AvgIpc) is 3.57. The molecule has 9 nitrogen and oxygen atoms in total. The molecule has 3 N–H and O–H groups in total. The van der Waals surface area contributed by atoms with E-state index in [9.17, 15) is 9.59 Å². The number of rotatable bonds is 7. The van der Waals surface area contributed by atoms with E-state index in [0.717, 1.165) is 35.9 Å². The van der Waals surface area contributed by atoms with Crippen LogP contribution in [0.3, 0.4) is 0 Å². The number of carbonyl (C=O) groups is 2. The number of carbonyl (C=O) groups excluding carboxylic acids is 2. The van der Waals surface area contributed by atoms with Crippen molar-refractivity contribution in [3.05, 3.63) is 65.9 Å². The number of fused-ring (bicyclic) bond motifs is 1. The number of aromatic nitrogens is 5. The van der Waals surface area contributed by atoms with Crippen LogP contribution in [-0.4, -0.2) is 36.5 Å². The van der Waals surface area contributed by atoms with Gasteiger partial charge in [0, 0.05) is 41.1 Å². The second-order valence-corrected chi connectivity index (χ2v) is 10.4. The molecule has 0 aliphatic heterocycles. The predicted molar refractivity (Wildman–Crippen MR) is 151 cm³/mol. The second-order valence-electron chi connectivity index (χ2n) is 10.4. The van der Waals surface area contributed by atoms with Crippen molar-refractivity contribution in [2.75, 3.05) is 10.6 Å². The molecular weight excluding hydrogens is 466 g/mol. The SMILES string of the molecule is Cc1ncc(NC(=O)CCC2=CC(C)(C)CC2)cc1NC(=O)c1cnc2[nH]c(-c3cnn(C)c3)cc2c1.[HH].[HH].[HH]. The molecule has 0 bridgehead atoms. The summed E-state index contributed by atoms with van der Waals surface area (Å²) in [4.78, 5) is 37.6. The zero-order valence-corrected chi connectivity index (χ0v) is 21.6. The summed E-state index contributed by atoms with van der Waals surface area (Å²) in [6.07, 6.45) is 12.5. The number of pyridine rings is 2. The Bertz CT molecular complexity index is 1540. The van der Waals surface area contributed by atoms with Crippen molar-refractivity contribution in [3.63, 3.8) is 0 Å². The Labute approximate surface area is 219 Å². The molecule has 1 aliphatic carbocycles. The number of allylic oxidation sites excluding steroid dienone is 2. The number of aromatic amines is 1. The highest BCUT2D eigenvalue weighted by Gasteiger charge is 2.22. The second kappa shape index (κ2) is 9.65. The van der Waals surface area contributed by atoms with Crippen LogP contribution in [0, 0.1) is 12.3 Å². The summed E-state index contributed by atoms with van der Waals surface area (Å²) in [5, 5.41) is 10.8. The summed E-state index contributed by atoms with van der Waals surface area (Å²) in [5.74, 6) is -0.372. The Balaban J connectivity index is 0.00000187. The molecule has 0 atom stereocenters. The molecule has 4 aromatic rings. The summed E-state index contributed by atoms with van der Waals surface area (Å²) in [6, 6.07) is 5.47. The van der Waals surface area contributed by atoms with Crippen molar-refractivity contribution in [1.29, 1.82) is 0 Å². The van der Waals surface area contributed by atoms with Crippen molar-refractivity contribution >= 4 is 34.2 Å². The van der Waals surface area contributed by atoms with Gasteiger partial charge in [-0.15, -0.1) is 0 Å². The van der Waals surface area contributed by atoms with Gasteiger partial charge in [0.15, 0.2) is 0 Å². The first-order chi connectivity index (χ1) is 17.6. The molecule has 5 rings (SSSR count). The van der Waals surface area contributed by atoms with Gasteiger partial charge >= 0.3 is 0 Å². The quantitative estimate of drug-likeness (QED) is 0.263. The molecule has 0 radical (unpaired) electrons. The molecule has 1 aliphatic rings. The fourth-order valence-corrected chi connectivity index (χ4v) is 4.65. The number of hydrogen-bond donors (Lipinski definition) is 3. The van der Waals surface area contributed by atoms with Crippen LogP contribution < -0.4 is 10.6 Å². The van der Waals surface area contributed by atoms with Crippen molar-refractivity contribution in [2.45, 2.75) is 46.5 Å². The van der Waals surface area contributed by atoms with Gasteiger partial charge in [0.05, 0.1) is 40.7 Å². The molecule has 2 amide bonds. The van der Waals surface area contributed by atoms with E-state index < -0.39 is 0 Å². The fraction of sp³-hybridized carbons (Fsp3) is 0.321. The molecule has 0 spiro atoms. The molecule has 4 heterocycles. The van der Waals surface area contributed by atoms with Gasteiger partial charge in [-0.2, -0.15) is 5.10 Å². The van der Waals surface area contributed by atoms with Crippen LogP contribution in [-0.2, 0) is 11.8 Å². The van der Waals surface area contributed by atoms with Gasteiger partial charge in [0.1, 0.15) is 5.65 Å². The normalized spacial score (nSPS) is 14.5. The molecule has 0 saturated carbocycles. The van der Waals surface area contributed by atoms with Crippen LogP contribution in [0.1, 0.15) is 59.9 Å². The number of aryl methyl sites for hydroxylation is 2. The van der Waals surface area contributed by atoms with E-state index in [1.165, 1.54) is 11.8 Å². The third kappa shape index (κ3) is 5.61. The number of H-pyrrole nitrogens is 1. The Morgan fingerprint density at radius 3 is 2.70 bits per heavy atom. The zero-order chi connectivity index (χ0) is 26.2. The maximum atomic E-state index is 13.0. The van der Waals surface area contributed by atoms with Gasteiger partial charge in [-0.05, 0) is 49.8 Å². The van der Waals surface area contributed by atoms with E-state index in [4.69, 9.17) is 0 Å². The summed E-state index contributed by atoms with van der Waals surface area (Å²) in [6.45, 7) is 6.25. The highest BCUT2D eigenvalue weighted by atomic mass is 16.2. The Morgan fingerprint density at radius 2 is 1.97 bits per heavy atom. The van der Waals surface area contributed by atoms with Gasteiger partial charge in [-0.3, -0.25) is 19.3 Å². The van der Waals surface area contributed by atoms with Crippen LogP contribution in [0.2, 0.25) is 0 Å². The van der Waals surface area contributed by atoms with E-state index in [-0.39, 0.29) is 21.5 Å². The van der Waals surface area contributed by atoms with Crippen LogP contribution in [0.4, 0.5) is 11.4 Å². The number of hydrogen-bond acceptors (Lipinski definition) is 5. The summed E-state index contributed by atoms with van der Waals surface area (Å²) < 4.78 is 1.73. The van der Waals surface area contributed by atoms with Gasteiger partial charge in [0.2, 0.25) is 5.91 Å². The zero-order valence-electron chi connectivity index (χ0n) is 21.6. The largest absolute Gasteiger partial charge is 0.339 e. The average molecular weight is 504 g/mol. The lowest BCUT2D eigenvalue weighted by Gasteiger charge is -2.12. The first-order valence-electron chi connectivity index (χ1n) is 12.4. The highest BCUT2D eigenvalue weighted by molar-refractivity contribution is 6.06. The van der Waals surface area contributed by atoms with Crippen LogP contribution >= 0.6 is 0 Å². The van der Waals surface area contributed by atoms with Crippen LogP contribution in [0.15, 0.2) is 54.6 Å². The fourth-order valence-electron chi connectivity index (χ4n) is 4.65. The Hall–Kier alpha value is -4.27. The molecule has 4 aromatic heterocycles. The minimum atomic E-state index is -0.303. The van der Waals surface area contributed by atoms with Gasteiger partial charge < -0.3 is 15.6 Å². The summed E-state index contributed by atoms with van der Waals surface area (Å²) in [7, 11) is 1.86. The van der Waals surface area contributed by atoms with Crippen molar-refractivity contribution < 1.29 is 13.9 Å². The molecule has 0 unspecified atom stereocenters. The molecule has 37 heavy (non-hydrogen) atoms. The number of nitrogens with zero attached hydrogens (tertiary/aromatic N) is 4. The monoisotopic (exact) mass is 503 g/mol. The molecule has 0 fully saturated rings. The van der Waals surface area contributed by atoms with E-state index in [2.05, 4.69) is 50.6 Å². The van der Waals surface area contributed by atoms with Crippen molar-refractivity contribution in [2.24, 2.45) is 12.5 Å². The van der Waals surface area contributed by atoms with Gasteiger partial charge in [-0.25, -0.2) is 4.98 Å². The van der Waals surface area contributed by atoms with Gasteiger partial charge in [0.25, 0.3) is 5.91 Å². The van der Waals surface area contributed by atoms with Crippen LogP contribution in [0.5, 0.6) is 0 Å². The molecule has 9 heteroatoms. The predicted octanol–water partition coefficient (Wildman–Crippen LogP) is 6.12. The smallest absolute Gasteiger partial charge is 0.257 e. The summed E-state index contributed by atoms with van der Waals surface area (Å²) >= 11 is 0. The molecule has 196 valence electrons. The molecule has 0 aromatic carbocycles. The number of amides is 2. The summed E-state index contributed by atoms with van der Waals surface area (Å²) in [5.41, 5.74) is 6.24. The minimum absolute atomic E-state index is 0. The van der Waals surface area contributed by atoms with E-state index >= 15 is 0 Å². The Kier molecular flexibility index (Phi) is 6.37. The molecular formula is C28H37N7O2. The maximum absolute atomic E-state index is 13.0. The first-order valence-corrected chi connectivity index (χ1v) is 12.4. The standard InChI is InChI=1S/C28H31N7O2.3H2/c1-17-23(11-22(15-29-17)32-25(36)6-5-18-7-8-28(2,3)12-18)34-27(37)20-9-19-10-24(33-26(19)30-13-20)21-14-31-35(4)16-21;;;/h9-16H,5-8H2,1-4H3,(H,30,33)(H,32,36)(H,34,37);3*1H. The van der Waals surface area contributed by atoms with Crippen molar-refractivity contribution in [3.8, 4) is 11.3 Å². The third-order valence-corrected chi connectivity index (χ3v) is 6.73. The lowest BCUT2D eigenvalue weighted by molar-refractivity contribution is -0.116. The Morgan fingerprint density at radius 1 is 1.14 bits per heavy atom. The van der Waals surface area contributed by atoms with Crippen molar-refractivity contribution in [1.82, 2.24) is 24.7 Å². The first kappa shape index (κ1) is 24.4. The third-order valence-electron chi connectivity index (χ3n) is 6.73. The number of anilines is 2. The minimum Gasteiger partial charge on any atom is -0.339 e. The van der Waals surface area contributed by atoms with E-state index in [1.54, 1.807) is 29.2 Å². The highest BCUT2D eigenvalue weighted by Crippen LogP contribution is 2.36. The molecule has 0 saturated heterocycles. The van der Waals surface area contributed by atoms with Gasteiger partial charge in [-0.1, -0.05) is 25.5 Å². The van der Waals surface area contributed by atoms with Crippen LogP contribution in [0.25, 0.3) is 22.3 Å². The maximum Gasteiger partial charge on any atom is 0.257 e. The topological polar surface area (TPSA) is 118 Å².